The van der Waals surface area contributed by atoms with Gasteiger partial charge in [-0.1, -0.05) is 13.8 Å². The van der Waals surface area contributed by atoms with Gasteiger partial charge in [-0.3, -0.25) is 9.69 Å². The molecule has 0 spiro atoms. The van der Waals surface area contributed by atoms with E-state index in [1.807, 2.05) is 19.9 Å². The fourth-order valence-electron chi connectivity index (χ4n) is 5.92. The number of benzene rings is 2. The van der Waals surface area contributed by atoms with E-state index >= 15 is 0 Å². The molecule has 2 aliphatic rings. The van der Waals surface area contributed by atoms with Crippen LogP contribution in [0.15, 0.2) is 24.3 Å². The van der Waals surface area contributed by atoms with Gasteiger partial charge < -0.3 is 25.8 Å². The summed E-state index contributed by atoms with van der Waals surface area (Å²) in [5.74, 6) is -0.827. The van der Waals surface area contributed by atoms with Crippen LogP contribution in [0, 0.1) is 0 Å². The molecule has 7 nitrogen and oxygen atoms in total. The highest BCUT2D eigenvalue weighted by Crippen LogP contribution is 2.45. The summed E-state index contributed by atoms with van der Waals surface area (Å²) < 4.78 is 87.1. The van der Waals surface area contributed by atoms with Crippen LogP contribution in [0.1, 0.15) is 62.8 Å². The number of anilines is 2. The van der Waals surface area contributed by atoms with Crippen molar-refractivity contribution >= 4 is 17.3 Å². The van der Waals surface area contributed by atoms with Gasteiger partial charge in [0.1, 0.15) is 11.5 Å². The van der Waals surface area contributed by atoms with Crippen LogP contribution in [0.25, 0.3) is 0 Å². The number of nitrogens with zero attached hydrogens (tertiary/aromatic N) is 2. The third kappa shape index (κ3) is 7.79. The maximum absolute atomic E-state index is 13.0. The summed E-state index contributed by atoms with van der Waals surface area (Å²) in [7, 11) is 1.46. The largest absolute Gasteiger partial charge is 0.495 e. The number of nitrogen functional groups attached to an aromatic ring is 2. The van der Waals surface area contributed by atoms with E-state index in [0.29, 0.717) is 60.7 Å². The quantitative estimate of drug-likeness (QED) is 0.295. The minimum atomic E-state index is -4.88. The number of methoxy groups -OCH3 is 1. The highest BCUT2D eigenvalue weighted by atomic mass is 19.4. The van der Waals surface area contributed by atoms with Gasteiger partial charge in [0.2, 0.25) is 0 Å². The lowest BCUT2D eigenvalue weighted by molar-refractivity contribution is -0.193. The first-order chi connectivity index (χ1) is 19.9. The van der Waals surface area contributed by atoms with Crippen molar-refractivity contribution in [2.75, 3.05) is 38.2 Å². The van der Waals surface area contributed by atoms with Crippen LogP contribution in [-0.2, 0) is 29.7 Å². The Bertz CT molecular complexity index is 1290. The van der Waals surface area contributed by atoms with Gasteiger partial charge in [0.25, 0.3) is 0 Å². The number of rotatable bonds is 6. The molecule has 1 amide bonds. The molecule has 0 aromatic heterocycles. The molecule has 4 N–H and O–H groups in total. The van der Waals surface area contributed by atoms with Crippen LogP contribution in [0.3, 0.4) is 0 Å². The Labute approximate surface area is 248 Å². The molecule has 0 saturated carbocycles. The van der Waals surface area contributed by atoms with Crippen molar-refractivity contribution in [1.82, 2.24) is 9.80 Å². The zero-order valence-electron chi connectivity index (χ0n) is 25.1. The van der Waals surface area contributed by atoms with Gasteiger partial charge in [0.15, 0.2) is 0 Å². The van der Waals surface area contributed by atoms with Crippen molar-refractivity contribution in [1.29, 1.82) is 0 Å². The lowest BCUT2D eigenvalue weighted by Gasteiger charge is -2.48. The van der Waals surface area contributed by atoms with Crippen LogP contribution >= 0.6 is 0 Å². The van der Waals surface area contributed by atoms with Crippen molar-refractivity contribution < 1.29 is 40.6 Å². The van der Waals surface area contributed by atoms with Gasteiger partial charge in [-0.25, -0.2) is 0 Å². The van der Waals surface area contributed by atoms with E-state index in [2.05, 4.69) is 0 Å². The smallest absolute Gasteiger partial charge is 0.471 e. The minimum absolute atomic E-state index is 0.0229. The molecule has 2 heterocycles. The van der Waals surface area contributed by atoms with Gasteiger partial charge >= 0.3 is 18.3 Å². The van der Waals surface area contributed by atoms with Crippen molar-refractivity contribution in [2.45, 2.75) is 83.9 Å². The number of nitrogens with two attached hydrogens (primary N) is 2. The van der Waals surface area contributed by atoms with Crippen molar-refractivity contribution in [3.63, 3.8) is 0 Å². The Balaban J connectivity index is 0.000000238. The Morgan fingerprint density at radius 1 is 0.907 bits per heavy atom. The summed E-state index contributed by atoms with van der Waals surface area (Å²) in [6.07, 6.45) is -7.39. The summed E-state index contributed by atoms with van der Waals surface area (Å²) in [4.78, 5) is 14.3. The maximum Gasteiger partial charge on any atom is 0.471 e. The number of amides is 1. The monoisotopic (exact) mass is 618 g/mol. The highest BCUT2D eigenvalue weighted by molar-refractivity contribution is 5.83. The average Bonchev–Trinajstić information content (AvgIpc) is 2.91. The third-order valence-electron chi connectivity index (χ3n) is 7.92. The number of halogens is 6. The van der Waals surface area contributed by atoms with E-state index in [1.165, 1.54) is 12.0 Å². The standard InChI is InChI=1S/C16H21F3N2O2.C14H19F3N2O/c1-4-15(5-2)11-9-13(23-3)12(20)8-10(11)6-7-21(15)14(22)16(17,18)19;1-9(2)20-13-6-11-7-19(8-14(15,16)17)4-3-10(11)5-12(13)18/h8-9H,4-7,20H2,1-3H3;5-6,9H,3-4,7-8,18H2,1-2H3. The number of carbonyl (C=O) groups is 1. The number of hydrogen-bond acceptors (Lipinski definition) is 6. The van der Waals surface area contributed by atoms with Crippen molar-refractivity contribution in [3.8, 4) is 11.5 Å². The van der Waals surface area contributed by atoms with Crippen LogP contribution in [-0.4, -0.2) is 60.9 Å². The van der Waals surface area contributed by atoms with Crippen LogP contribution in [0.2, 0.25) is 0 Å². The molecule has 0 fully saturated rings. The average molecular weight is 619 g/mol. The Kier molecular flexibility index (Phi) is 10.4. The fraction of sp³-hybridized carbons (Fsp3) is 0.567. The molecule has 2 aromatic rings. The zero-order chi connectivity index (χ0) is 32.3. The Morgan fingerprint density at radius 2 is 1.49 bits per heavy atom. The number of alkyl halides is 6. The molecule has 4 rings (SSSR count). The molecule has 0 bridgehead atoms. The maximum atomic E-state index is 13.0. The molecule has 0 atom stereocenters. The molecule has 240 valence electrons. The van der Waals surface area contributed by atoms with E-state index < -0.39 is 30.3 Å². The summed E-state index contributed by atoms with van der Waals surface area (Å²) in [6, 6.07) is 7.00. The predicted molar refractivity (Wildman–Crippen MR) is 153 cm³/mol. The van der Waals surface area contributed by atoms with Crippen LogP contribution in [0.5, 0.6) is 11.5 Å². The normalized spacial score (nSPS) is 16.6. The van der Waals surface area contributed by atoms with Gasteiger partial charge in [0.05, 0.1) is 36.7 Å². The molecule has 0 radical (unpaired) electrons. The second-order valence-electron chi connectivity index (χ2n) is 11.1. The molecule has 0 aliphatic carbocycles. The number of ether oxygens (including phenoxy) is 2. The van der Waals surface area contributed by atoms with E-state index in [4.69, 9.17) is 20.9 Å². The SMILES string of the molecule is CC(C)Oc1cc2c(cc1N)CCN(CC(F)(F)F)C2.CCC1(CC)c2cc(OC)c(N)cc2CCN1C(=O)C(F)(F)F. The third-order valence-corrected chi connectivity index (χ3v) is 7.92. The minimum Gasteiger partial charge on any atom is -0.495 e. The lowest BCUT2D eigenvalue weighted by atomic mass is 9.76. The highest BCUT2D eigenvalue weighted by Gasteiger charge is 2.51. The molecule has 0 saturated heterocycles. The Hall–Kier alpha value is -3.35. The molecule has 13 heteroatoms. The van der Waals surface area contributed by atoms with E-state index in [0.717, 1.165) is 21.6 Å². The predicted octanol–water partition coefficient (Wildman–Crippen LogP) is 6.22. The number of carbonyl (C=O) groups excluding carboxylic acids is 1. The molecular formula is C30H40F6N4O3. The van der Waals surface area contributed by atoms with Gasteiger partial charge in [-0.05, 0) is 86.1 Å². The second kappa shape index (κ2) is 13.1. The first-order valence-electron chi connectivity index (χ1n) is 14.2. The topological polar surface area (TPSA) is 94.0 Å². The summed E-state index contributed by atoms with van der Waals surface area (Å²) in [5.41, 5.74) is 15.2. The van der Waals surface area contributed by atoms with Gasteiger partial charge in [-0.2, -0.15) is 26.3 Å². The molecule has 2 aromatic carbocycles. The first kappa shape index (κ1) is 34.1. The zero-order valence-corrected chi connectivity index (χ0v) is 25.1. The van der Waals surface area contributed by atoms with Crippen molar-refractivity contribution in [2.24, 2.45) is 0 Å². The van der Waals surface area contributed by atoms with Gasteiger partial charge in [-0.15, -0.1) is 0 Å². The summed E-state index contributed by atoms with van der Waals surface area (Å²) >= 11 is 0. The van der Waals surface area contributed by atoms with Gasteiger partial charge in [0, 0.05) is 19.6 Å². The fourth-order valence-corrected chi connectivity index (χ4v) is 5.92. The summed E-state index contributed by atoms with van der Waals surface area (Å²) in [6.45, 7) is 7.18. The summed E-state index contributed by atoms with van der Waals surface area (Å²) in [5, 5.41) is 0. The number of fused-ring (bicyclic) bond motifs is 2. The van der Waals surface area contributed by atoms with E-state index in [9.17, 15) is 31.1 Å². The molecular weight excluding hydrogens is 578 g/mol. The number of hydrogen-bond donors (Lipinski definition) is 2. The van der Waals surface area contributed by atoms with Crippen LogP contribution < -0.4 is 20.9 Å². The first-order valence-corrected chi connectivity index (χ1v) is 14.2. The van der Waals surface area contributed by atoms with Crippen molar-refractivity contribution in [3.05, 3.63) is 46.5 Å². The lowest BCUT2D eigenvalue weighted by Crippen LogP contribution is -2.56. The van der Waals surface area contributed by atoms with E-state index in [1.54, 1.807) is 32.0 Å². The Morgan fingerprint density at radius 3 is 2.02 bits per heavy atom. The molecule has 43 heavy (non-hydrogen) atoms. The molecule has 0 unspecified atom stereocenters. The second-order valence-corrected chi connectivity index (χ2v) is 11.1. The molecule has 2 aliphatic heterocycles. The van der Waals surface area contributed by atoms with Crippen LogP contribution in [0.4, 0.5) is 37.7 Å². The van der Waals surface area contributed by atoms with E-state index in [-0.39, 0.29) is 19.2 Å².